The van der Waals surface area contributed by atoms with Gasteiger partial charge in [0.15, 0.2) is 0 Å². The molecule has 3 heteroatoms. The Bertz CT molecular complexity index is 354. The third-order valence-corrected chi connectivity index (χ3v) is 5.27. The SMILES string of the molecule is CC1CCN(Cc2ccccc2Br)CC1Br. The first-order chi connectivity index (χ1) is 7.66. The van der Waals surface area contributed by atoms with Crippen molar-refractivity contribution in [3.05, 3.63) is 34.3 Å². The van der Waals surface area contributed by atoms with Crippen molar-refractivity contribution >= 4 is 31.9 Å². The van der Waals surface area contributed by atoms with Crippen LogP contribution in [0, 0.1) is 5.92 Å². The number of likely N-dealkylation sites (tertiary alicyclic amines) is 1. The summed E-state index contributed by atoms with van der Waals surface area (Å²) in [5, 5.41) is 0. The quantitative estimate of drug-likeness (QED) is 0.730. The summed E-state index contributed by atoms with van der Waals surface area (Å²) in [4.78, 5) is 3.17. The van der Waals surface area contributed by atoms with E-state index in [4.69, 9.17) is 0 Å². The van der Waals surface area contributed by atoms with Crippen LogP contribution in [0.25, 0.3) is 0 Å². The highest BCUT2D eigenvalue weighted by atomic mass is 79.9. The molecule has 1 fully saturated rings. The molecule has 1 heterocycles. The second kappa shape index (κ2) is 5.65. The van der Waals surface area contributed by atoms with Gasteiger partial charge < -0.3 is 0 Å². The summed E-state index contributed by atoms with van der Waals surface area (Å²) in [5.41, 5.74) is 1.39. The van der Waals surface area contributed by atoms with Crippen LogP contribution < -0.4 is 0 Å². The maximum atomic E-state index is 3.77. The fraction of sp³-hybridized carbons (Fsp3) is 0.538. The van der Waals surface area contributed by atoms with Crippen molar-refractivity contribution < 1.29 is 0 Å². The highest BCUT2D eigenvalue weighted by molar-refractivity contribution is 9.10. The van der Waals surface area contributed by atoms with Crippen LogP contribution in [0.4, 0.5) is 0 Å². The third kappa shape index (κ3) is 3.08. The lowest BCUT2D eigenvalue weighted by Gasteiger charge is -2.34. The van der Waals surface area contributed by atoms with Gasteiger partial charge in [-0.15, -0.1) is 0 Å². The monoisotopic (exact) mass is 345 g/mol. The zero-order valence-corrected chi connectivity index (χ0v) is 12.7. The fourth-order valence-electron chi connectivity index (χ4n) is 2.10. The number of benzene rings is 1. The summed E-state index contributed by atoms with van der Waals surface area (Å²) < 4.78 is 1.22. The Balaban J connectivity index is 1.98. The minimum Gasteiger partial charge on any atom is -0.298 e. The van der Waals surface area contributed by atoms with E-state index in [0.717, 1.165) is 19.0 Å². The molecule has 16 heavy (non-hydrogen) atoms. The Labute approximate surface area is 114 Å². The van der Waals surface area contributed by atoms with Crippen LogP contribution in [-0.4, -0.2) is 22.8 Å². The van der Waals surface area contributed by atoms with Gasteiger partial charge >= 0.3 is 0 Å². The lowest BCUT2D eigenvalue weighted by Crippen LogP contribution is -2.39. The topological polar surface area (TPSA) is 3.24 Å². The summed E-state index contributed by atoms with van der Waals surface area (Å²) in [6.07, 6.45) is 1.29. The number of halogens is 2. The van der Waals surface area contributed by atoms with Gasteiger partial charge in [-0.2, -0.15) is 0 Å². The molecule has 1 saturated heterocycles. The normalized spacial score (nSPS) is 26.9. The van der Waals surface area contributed by atoms with E-state index in [2.05, 4.69) is 67.9 Å². The molecule has 2 rings (SSSR count). The maximum Gasteiger partial charge on any atom is 0.0299 e. The molecule has 0 saturated carbocycles. The highest BCUT2D eigenvalue weighted by Gasteiger charge is 2.23. The molecule has 0 amide bonds. The number of hydrogen-bond donors (Lipinski definition) is 0. The molecule has 0 spiro atoms. The molecule has 0 bridgehead atoms. The zero-order valence-electron chi connectivity index (χ0n) is 9.50. The number of alkyl halides is 1. The van der Waals surface area contributed by atoms with Crippen molar-refractivity contribution in [3.8, 4) is 0 Å². The van der Waals surface area contributed by atoms with E-state index in [9.17, 15) is 0 Å². The van der Waals surface area contributed by atoms with Crippen molar-refractivity contribution in [2.45, 2.75) is 24.7 Å². The summed E-state index contributed by atoms with van der Waals surface area (Å²) in [5.74, 6) is 0.801. The van der Waals surface area contributed by atoms with Gasteiger partial charge in [-0.05, 0) is 30.5 Å². The van der Waals surface area contributed by atoms with Crippen molar-refractivity contribution in [1.82, 2.24) is 4.90 Å². The Kier molecular flexibility index (Phi) is 4.45. The fourth-order valence-corrected chi connectivity index (χ4v) is 3.18. The molecule has 1 aromatic carbocycles. The second-order valence-corrected chi connectivity index (χ2v) is 6.64. The van der Waals surface area contributed by atoms with Crippen LogP contribution in [0.2, 0.25) is 0 Å². The first kappa shape index (κ1) is 12.6. The van der Waals surface area contributed by atoms with E-state index in [1.165, 1.54) is 23.0 Å². The molecule has 2 unspecified atom stereocenters. The lowest BCUT2D eigenvalue weighted by molar-refractivity contribution is 0.193. The molecule has 0 aromatic heterocycles. The number of nitrogens with zero attached hydrogens (tertiary/aromatic N) is 1. The summed E-state index contributed by atoms with van der Waals surface area (Å²) in [6, 6.07) is 8.50. The molecule has 1 aliphatic heterocycles. The van der Waals surface area contributed by atoms with E-state index in [1.54, 1.807) is 0 Å². The zero-order chi connectivity index (χ0) is 11.5. The molecular formula is C13H17Br2N. The molecule has 0 N–H and O–H groups in total. The minimum absolute atomic E-state index is 0.642. The van der Waals surface area contributed by atoms with E-state index in [0.29, 0.717) is 4.83 Å². The molecule has 2 atom stereocenters. The smallest absolute Gasteiger partial charge is 0.0299 e. The van der Waals surface area contributed by atoms with Gasteiger partial charge in [0.2, 0.25) is 0 Å². The molecule has 1 nitrogen and oxygen atoms in total. The number of hydrogen-bond acceptors (Lipinski definition) is 1. The maximum absolute atomic E-state index is 3.77. The molecule has 0 aliphatic carbocycles. The van der Waals surface area contributed by atoms with Crippen LogP contribution in [0.15, 0.2) is 28.7 Å². The van der Waals surface area contributed by atoms with Gasteiger partial charge in [0.1, 0.15) is 0 Å². The van der Waals surface area contributed by atoms with Gasteiger partial charge in [-0.1, -0.05) is 57.0 Å². The van der Waals surface area contributed by atoms with Gasteiger partial charge in [0, 0.05) is 22.4 Å². The first-order valence-electron chi connectivity index (χ1n) is 5.76. The van der Waals surface area contributed by atoms with E-state index in [1.807, 2.05) is 0 Å². The van der Waals surface area contributed by atoms with Crippen LogP contribution in [-0.2, 0) is 6.54 Å². The first-order valence-corrected chi connectivity index (χ1v) is 7.47. The van der Waals surface area contributed by atoms with Crippen LogP contribution in [0.3, 0.4) is 0 Å². The predicted molar refractivity (Wildman–Crippen MR) is 75.9 cm³/mol. The average molecular weight is 347 g/mol. The largest absolute Gasteiger partial charge is 0.298 e. The summed E-state index contributed by atoms with van der Waals surface area (Å²) in [7, 11) is 0. The van der Waals surface area contributed by atoms with Crippen molar-refractivity contribution in [2.75, 3.05) is 13.1 Å². The Morgan fingerprint density at radius 3 is 2.81 bits per heavy atom. The Hall–Kier alpha value is 0.140. The number of piperidine rings is 1. The number of rotatable bonds is 2. The summed E-state index contributed by atoms with van der Waals surface area (Å²) in [6.45, 7) is 5.75. The highest BCUT2D eigenvalue weighted by Crippen LogP contribution is 2.26. The van der Waals surface area contributed by atoms with Crippen molar-refractivity contribution in [2.24, 2.45) is 5.92 Å². The third-order valence-electron chi connectivity index (χ3n) is 3.30. The minimum atomic E-state index is 0.642. The van der Waals surface area contributed by atoms with Gasteiger partial charge in [-0.25, -0.2) is 0 Å². The molecule has 0 radical (unpaired) electrons. The van der Waals surface area contributed by atoms with E-state index >= 15 is 0 Å². The van der Waals surface area contributed by atoms with E-state index < -0.39 is 0 Å². The van der Waals surface area contributed by atoms with Crippen LogP contribution in [0.1, 0.15) is 18.9 Å². The molecule has 1 aromatic rings. The Morgan fingerprint density at radius 1 is 1.38 bits per heavy atom. The van der Waals surface area contributed by atoms with Gasteiger partial charge in [0.05, 0.1) is 0 Å². The van der Waals surface area contributed by atoms with Gasteiger partial charge in [-0.3, -0.25) is 4.90 Å². The Morgan fingerprint density at radius 2 is 2.12 bits per heavy atom. The predicted octanol–water partition coefficient (Wildman–Crippen LogP) is 4.05. The van der Waals surface area contributed by atoms with Crippen LogP contribution >= 0.6 is 31.9 Å². The van der Waals surface area contributed by atoms with Gasteiger partial charge in [0.25, 0.3) is 0 Å². The van der Waals surface area contributed by atoms with Crippen LogP contribution in [0.5, 0.6) is 0 Å². The second-order valence-electron chi connectivity index (χ2n) is 4.61. The standard InChI is InChI=1S/C13H17Br2N/c1-10-6-7-16(9-13(10)15)8-11-4-2-3-5-12(11)14/h2-5,10,13H,6-9H2,1H3. The average Bonchev–Trinajstić information content (AvgIpc) is 2.27. The molecule has 88 valence electrons. The van der Waals surface area contributed by atoms with Crippen molar-refractivity contribution in [3.63, 3.8) is 0 Å². The molecular weight excluding hydrogens is 330 g/mol. The van der Waals surface area contributed by atoms with E-state index in [-0.39, 0.29) is 0 Å². The van der Waals surface area contributed by atoms with Crippen molar-refractivity contribution in [1.29, 1.82) is 0 Å². The molecule has 1 aliphatic rings. The summed E-state index contributed by atoms with van der Waals surface area (Å²) >= 11 is 7.38. The lowest BCUT2D eigenvalue weighted by atomic mass is 9.98.